The van der Waals surface area contributed by atoms with Crippen LogP contribution in [-0.2, 0) is 12.7 Å². The fraction of sp³-hybridized carbons (Fsp3) is 0.105. The third kappa shape index (κ3) is 4.89. The maximum atomic E-state index is 13.6. The van der Waals surface area contributed by atoms with E-state index in [-0.39, 0.29) is 28.8 Å². The number of hydrogen-bond donors (Lipinski definition) is 1. The van der Waals surface area contributed by atoms with E-state index in [2.05, 4.69) is 10.3 Å². The van der Waals surface area contributed by atoms with Crippen molar-refractivity contribution >= 4 is 17.3 Å². The van der Waals surface area contributed by atoms with Crippen LogP contribution in [0.5, 0.6) is 11.5 Å². The molecule has 0 atom stereocenters. The third-order valence-electron chi connectivity index (χ3n) is 3.67. The van der Waals surface area contributed by atoms with Gasteiger partial charge in [-0.1, -0.05) is 11.6 Å². The Hall–Kier alpha value is -2.87. The van der Waals surface area contributed by atoms with Crippen LogP contribution in [0.1, 0.15) is 11.3 Å². The van der Waals surface area contributed by atoms with Gasteiger partial charge in [-0.15, -0.1) is 0 Å². The summed E-state index contributed by atoms with van der Waals surface area (Å²) in [6.07, 6.45) is -3.55. The molecule has 0 aliphatic heterocycles. The van der Waals surface area contributed by atoms with Gasteiger partial charge in [-0.05, 0) is 42.5 Å². The predicted molar refractivity (Wildman–Crippen MR) is 94.4 cm³/mol. The molecule has 3 rings (SSSR count). The molecule has 0 saturated carbocycles. The number of benzene rings is 2. The number of rotatable bonds is 5. The molecule has 1 aromatic heterocycles. The van der Waals surface area contributed by atoms with Crippen molar-refractivity contribution in [2.45, 2.75) is 12.7 Å². The van der Waals surface area contributed by atoms with E-state index in [1.54, 1.807) is 0 Å². The number of nitrogens with zero attached hydrogens (tertiary/aromatic N) is 1. The zero-order valence-corrected chi connectivity index (χ0v) is 14.8. The largest absolute Gasteiger partial charge is 0.457 e. The summed E-state index contributed by atoms with van der Waals surface area (Å²) >= 11 is 5.71. The van der Waals surface area contributed by atoms with E-state index in [0.717, 1.165) is 24.4 Å². The Morgan fingerprint density at radius 1 is 1.00 bits per heavy atom. The third-order valence-corrected chi connectivity index (χ3v) is 3.96. The van der Waals surface area contributed by atoms with Crippen LogP contribution in [0.3, 0.4) is 0 Å². The molecule has 0 fully saturated rings. The van der Waals surface area contributed by atoms with Crippen molar-refractivity contribution in [3.63, 3.8) is 0 Å². The fourth-order valence-corrected chi connectivity index (χ4v) is 2.52. The standard InChI is InChI=1S/C19H12ClF5N2O/c20-15-9-14(2-3-16(15)22)28-17-4-1-12(21)7-11(17)10-27-13-5-6-26-18(8-13)19(23,24)25/h1-9H,10H2,(H,26,27). The maximum absolute atomic E-state index is 13.6. The van der Waals surface area contributed by atoms with E-state index >= 15 is 0 Å². The lowest BCUT2D eigenvalue weighted by atomic mass is 10.2. The highest BCUT2D eigenvalue weighted by molar-refractivity contribution is 6.30. The Balaban J connectivity index is 1.80. The van der Waals surface area contributed by atoms with Crippen molar-refractivity contribution < 1.29 is 26.7 Å². The van der Waals surface area contributed by atoms with Gasteiger partial charge in [0, 0.05) is 30.1 Å². The van der Waals surface area contributed by atoms with Crippen LogP contribution in [0.2, 0.25) is 5.02 Å². The van der Waals surface area contributed by atoms with Gasteiger partial charge < -0.3 is 10.1 Å². The van der Waals surface area contributed by atoms with E-state index in [4.69, 9.17) is 16.3 Å². The van der Waals surface area contributed by atoms with Crippen molar-refractivity contribution in [3.05, 3.63) is 82.6 Å². The highest BCUT2D eigenvalue weighted by Gasteiger charge is 2.32. The van der Waals surface area contributed by atoms with Crippen LogP contribution in [0, 0.1) is 11.6 Å². The second kappa shape index (κ2) is 8.02. The lowest BCUT2D eigenvalue weighted by Gasteiger charge is -2.14. The van der Waals surface area contributed by atoms with Gasteiger partial charge in [0.2, 0.25) is 0 Å². The molecule has 0 spiro atoms. The molecule has 0 aliphatic rings. The van der Waals surface area contributed by atoms with Gasteiger partial charge in [-0.2, -0.15) is 13.2 Å². The Labute approximate surface area is 161 Å². The summed E-state index contributed by atoms with van der Waals surface area (Å²) in [4.78, 5) is 3.28. The molecule has 0 saturated heterocycles. The predicted octanol–water partition coefficient (Wildman–Crippen LogP) is 6.44. The first-order chi connectivity index (χ1) is 13.2. The molecular formula is C19H12ClF5N2O. The Kier molecular flexibility index (Phi) is 5.69. The smallest absolute Gasteiger partial charge is 0.433 e. The number of anilines is 1. The first-order valence-electron chi connectivity index (χ1n) is 7.91. The van der Waals surface area contributed by atoms with Crippen LogP contribution < -0.4 is 10.1 Å². The van der Waals surface area contributed by atoms with Crippen molar-refractivity contribution in [1.82, 2.24) is 4.98 Å². The van der Waals surface area contributed by atoms with Crippen LogP contribution >= 0.6 is 11.6 Å². The summed E-state index contributed by atoms with van der Waals surface area (Å²) in [7, 11) is 0. The highest BCUT2D eigenvalue weighted by atomic mass is 35.5. The number of pyridine rings is 1. The normalized spacial score (nSPS) is 11.4. The van der Waals surface area contributed by atoms with Gasteiger partial charge in [-0.3, -0.25) is 4.98 Å². The Morgan fingerprint density at radius 3 is 2.50 bits per heavy atom. The van der Waals surface area contributed by atoms with E-state index in [0.29, 0.717) is 5.56 Å². The zero-order chi connectivity index (χ0) is 20.3. The summed E-state index contributed by atoms with van der Waals surface area (Å²) in [5.74, 6) is -0.704. The molecule has 3 aromatic rings. The molecule has 0 unspecified atom stereocenters. The van der Waals surface area contributed by atoms with Crippen LogP contribution in [0.25, 0.3) is 0 Å². The van der Waals surface area contributed by atoms with Gasteiger partial charge in [0.25, 0.3) is 0 Å². The van der Waals surface area contributed by atoms with E-state index < -0.39 is 23.5 Å². The number of aromatic nitrogens is 1. The molecule has 0 radical (unpaired) electrons. The topological polar surface area (TPSA) is 34.1 Å². The van der Waals surface area contributed by atoms with Gasteiger partial charge in [0.1, 0.15) is 28.8 Å². The minimum absolute atomic E-state index is 0.0245. The molecule has 146 valence electrons. The van der Waals surface area contributed by atoms with Crippen LogP contribution in [-0.4, -0.2) is 4.98 Å². The second-order valence-electron chi connectivity index (χ2n) is 5.71. The maximum Gasteiger partial charge on any atom is 0.433 e. The zero-order valence-electron chi connectivity index (χ0n) is 14.0. The quantitative estimate of drug-likeness (QED) is 0.488. The molecule has 3 nitrogen and oxygen atoms in total. The molecule has 2 aromatic carbocycles. The second-order valence-corrected chi connectivity index (χ2v) is 6.12. The van der Waals surface area contributed by atoms with Gasteiger partial charge in [0.15, 0.2) is 0 Å². The number of halogens is 6. The van der Waals surface area contributed by atoms with Crippen LogP contribution in [0.15, 0.2) is 54.7 Å². The summed E-state index contributed by atoms with van der Waals surface area (Å²) in [5.41, 5.74) is -0.553. The van der Waals surface area contributed by atoms with Gasteiger partial charge in [0.05, 0.1) is 5.02 Å². The lowest BCUT2D eigenvalue weighted by molar-refractivity contribution is -0.141. The monoisotopic (exact) mass is 414 g/mol. The summed E-state index contributed by atoms with van der Waals surface area (Å²) < 4.78 is 70.8. The van der Waals surface area contributed by atoms with Gasteiger partial charge >= 0.3 is 6.18 Å². The molecule has 9 heteroatoms. The van der Waals surface area contributed by atoms with Crippen LogP contribution in [0.4, 0.5) is 27.6 Å². The minimum atomic E-state index is -4.58. The minimum Gasteiger partial charge on any atom is -0.457 e. The number of alkyl halides is 3. The molecular weight excluding hydrogens is 403 g/mol. The average Bonchev–Trinajstić information content (AvgIpc) is 2.64. The first kappa shape index (κ1) is 19.9. The first-order valence-corrected chi connectivity index (χ1v) is 8.28. The number of hydrogen-bond acceptors (Lipinski definition) is 3. The average molecular weight is 415 g/mol. The molecule has 0 aliphatic carbocycles. The Bertz CT molecular complexity index is 994. The number of nitrogens with one attached hydrogen (secondary N) is 1. The highest BCUT2D eigenvalue weighted by Crippen LogP contribution is 2.31. The molecule has 1 N–H and O–H groups in total. The SMILES string of the molecule is Fc1ccc(Oc2ccc(F)c(Cl)c2)c(CNc2ccnc(C(F)(F)F)c2)c1. The van der Waals surface area contributed by atoms with Gasteiger partial charge in [-0.25, -0.2) is 8.78 Å². The van der Waals surface area contributed by atoms with E-state index in [1.165, 1.54) is 30.3 Å². The molecule has 0 bridgehead atoms. The van der Waals surface area contributed by atoms with E-state index in [1.807, 2.05) is 0 Å². The van der Waals surface area contributed by atoms with Crippen molar-refractivity contribution in [2.75, 3.05) is 5.32 Å². The van der Waals surface area contributed by atoms with Crippen molar-refractivity contribution in [1.29, 1.82) is 0 Å². The van der Waals surface area contributed by atoms with Crippen molar-refractivity contribution in [2.24, 2.45) is 0 Å². The molecule has 0 amide bonds. The van der Waals surface area contributed by atoms with E-state index in [9.17, 15) is 22.0 Å². The molecule has 1 heterocycles. The Morgan fingerprint density at radius 2 is 1.79 bits per heavy atom. The lowest BCUT2D eigenvalue weighted by Crippen LogP contribution is -2.09. The summed E-state index contributed by atoms with van der Waals surface area (Å²) in [6, 6.07) is 9.63. The summed E-state index contributed by atoms with van der Waals surface area (Å²) in [5, 5.41) is 2.63. The van der Waals surface area contributed by atoms with Crippen molar-refractivity contribution in [3.8, 4) is 11.5 Å². The number of ether oxygens (including phenoxy) is 1. The fourth-order valence-electron chi connectivity index (χ4n) is 2.35. The summed E-state index contributed by atoms with van der Waals surface area (Å²) in [6.45, 7) is -0.0245. The molecule has 28 heavy (non-hydrogen) atoms.